The van der Waals surface area contributed by atoms with Crippen molar-refractivity contribution >= 4 is 16.0 Å². The van der Waals surface area contributed by atoms with Crippen LogP contribution in [0.4, 0.5) is 4.79 Å². The normalized spacial score (nSPS) is 24.2. The zero-order valence-electron chi connectivity index (χ0n) is 7.19. The molecule has 2 fully saturated rings. The van der Waals surface area contributed by atoms with Gasteiger partial charge in [-0.2, -0.15) is 0 Å². The second-order valence-corrected chi connectivity index (χ2v) is 5.11. The summed E-state index contributed by atoms with van der Waals surface area (Å²) in [5, 5.41) is 0. The molecular weight excluding hydrogens is 196 g/mol. The molecule has 0 spiro atoms. The minimum absolute atomic E-state index is 0.416. The molecule has 2 heterocycles. The number of cyclic esters (lactones) is 2. The first-order valence-electron chi connectivity index (χ1n) is 4.10. The lowest BCUT2D eigenvalue weighted by atomic mass is 10.4. The van der Waals surface area contributed by atoms with Crippen LogP contribution in [0.1, 0.15) is 12.8 Å². The van der Waals surface area contributed by atoms with Crippen molar-refractivity contribution in [2.45, 2.75) is 12.8 Å². The van der Waals surface area contributed by atoms with Gasteiger partial charge in [0, 0.05) is 0 Å². The van der Waals surface area contributed by atoms with Crippen molar-refractivity contribution in [3.8, 4) is 0 Å². The summed E-state index contributed by atoms with van der Waals surface area (Å²) in [6, 6.07) is 0. The summed E-state index contributed by atoms with van der Waals surface area (Å²) < 4.78 is 29.4. The molecule has 0 aromatic carbocycles. The molecule has 0 amide bonds. The molecule has 2 aliphatic heterocycles. The molecule has 0 aromatic heterocycles. The summed E-state index contributed by atoms with van der Waals surface area (Å²) in [5.41, 5.74) is 0. The Hall–Kier alpha value is -0.780. The van der Waals surface area contributed by atoms with Crippen LogP contribution in [0.15, 0.2) is 0 Å². The fourth-order valence-corrected chi connectivity index (χ4v) is 2.53. The van der Waals surface area contributed by atoms with Gasteiger partial charge in [0.05, 0.1) is 11.5 Å². The lowest BCUT2D eigenvalue weighted by molar-refractivity contribution is 0.131. The highest BCUT2D eigenvalue weighted by Gasteiger charge is 2.16. The van der Waals surface area contributed by atoms with E-state index >= 15 is 0 Å². The van der Waals surface area contributed by atoms with E-state index in [9.17, 15) is 13.2 Å². The SMILES string of the molecule is O=C1OCCO1.O=S1(=O)CCCC1. The fraction of sp³-hybridized carbons (Fsp3) is 0.857. The number of carbonyl (C=O) groups is 1. The second-order valence-electron chi connectivity index (χ2n) is 2.81. The number of carbonyl (C=O) groups excluding carboxylic acids is 1. The molecular formula is C7H12O5S. The molecule has 0 aliphatic carbocycles. The summed E-state index contributed by atoms with van der Waals surface area (Å²) in [7, 11) is -2.55. The Labute approximate surface area is 76.9 Å². The Kier molecular flexibility index (Phi) is 3.53. The van der Waals surface area contributed by atoms with Gasteiger partial charge in [0.15, 0.2) is 0 Å². The highest BCUT2D eigenvalue weighted by atomic mass is 32.2. The summed E-state index contributed by atoms with van der Waals surface area (Å²) in [5.74, 6) is 0.847. The van der Waals surface area contributed by atoms with Crippen molar-refractivity contribution in [1.29, 1.82) is 0 Å². The molecule has 0 aromatic rings. The van der Waals surface area contributed by atoms with Crippen LogP contribution in [0, 0.1) is 0 Å². The van der Waals surface area contributed by atoms with Gasteiger partial charge in [-0.3, -0.25) is 0 Å². The maximum absolute atomic E-state index is 10.4. The van der Waals surface area contributed by atoms with E-state index in [-0.39, 0.29) is 0 Å². The van der Waals surface area contributed by atoms with Crippen LogP contribution in [0.2, 0.25) is 0 Å². The molecule has 76 valence electrons. The Morgan fingerprint density at radius 3 is 1.62 bits per heavy atom. The molecule has 6 heteroatoms. The highest BCUT2D eigenvalue weighted by molar-refractivity contribution is 7.91. The summed E-state index contributed by atoms with van der Waals surface area (Å²) >= 11 is 0. The van der Waals surface area contributed by atoms with Crippen molar-refractivity contribution in [3.63, 3.8) is 0 Å². The lowest BCUT2D eigenvalue weighted by Crippen LogP contribution is -1.98. The van der Waals surface area contributed by atoms with Crippen molar-refractivity contribution in [1.82, 2.24) is 0 Å². The van der Waals surface area contributed by atoms with Crippen molar-refractivity contribution in [2.24, 2.45) is 0 Å². The molecule has 0 unspecified atom stereocenters. The topological polar surface area (TPSA) is 69.7 Å². The van der Waals surface area contributed by atoms with E-state index in [1.807, 2.05) is 0 Å². The highest BCUT2D eigenvalue weighted by Crippen LogP contribution is 2.08. The van der Waals surface area contributed by atoms with Gasteiger partial charge < -0.3 is 9.47 Å². The molecule has 0 N–H and O–H groups in total. The third-order valence-electron chi connectivity index (χ3n) is 1.68. The van der Waals surface area contributed by atoms with Crippen LogP contribution in [0.3, 0.4) is 0 Å². The summed E-state index contributed by atoms with van der Waals surface area (Å²) in [6.45, 7) is 0.831. The lowest BCUT2D eigenvalue weighted by Gasteiger charge is -1.81. The van der Waals surface area contributed by atoms with Crippen LogP contribution in [-0.2, 0) is 19.3 Å². The van der Waals surface area contributed by atoms with Crippen LogP contribution in [0.5, 0.6) is 0 Å². The van der Waals surface area contributed by atoms with Crippen molar-refractivity contribution in [3.05, 3.63) is 0 Å². The smallest absolute Gasteiger partial charge is 0.431 e. The maximum Gasteiger partial charge on any atom is 0.508 e. The molecule has 0 saturated carbocycles. The minimum Gasteiger partial charge on any atom is -0.431 e. The Bertz CT molecular complexity index is 249. The first kappa shape index (κ1) is 10.3. The second kappa shape index (κ2) is 4.45. The Balaban J connectivity index is 0.000000132. The van der Waals surface area contributed by atoms with Gasteiger partial charge in [0.1, 0.15) is 23.1 Å². The van der Waals surface area contributed by atoms with Crippen LogP contribution >= 0.6 is 0 Å². The van der Waals surface area contributed by atoms with E-state index in [1.165, 1.54) is 0 Å². The van der Waals surface area contributed by atoms with Gasteiger partial charge in [0.2, 0.25) is 0 Å². The predicted octanol–water partition coefficient (Wildman–Crippen LogP) is 0.348. The zero-order valence-corrected chi connectivity index (χ0v) is 8.01. The van der Waals surface area contributed by atoms with Crippen LogP contribution < -0.4 is 0 Å². The average molecular weight is 208 g/mol. The summed E-state index contributed by atoms with van der Waals surface area (Å²) in [6.07, 6.45) is 1.21. The number of rotatable bonds is 0. The number of sulfone groups is 1. The van der Waals surface area contributed by atoms with Gasteiger partial charge in [-0.1, -0.05) is 0 Å². The van der Waals surface area contributed by atoms with E-state index in [0.29, 0.717) is 24.7 Å². The largest absolute Gasteiger partial charge is 0.508 e. The molecule has 2 rings (SSSR count). The van der Waals surface area contributed by atoms with E-state index in [2.05, 4.69) is 9.47 Å². The van der Waals surface area contributed by atoms with Gasteiger partial charge in [-0.15, -0.1) is 0 Å². The zero-order chi connectivity index (χ0) is 9.73. The first-order valence-corrected chi connectivity index (χ1v) is 5.92. The van der Waals surface area contributed by atoms with E-state index in [0.717, 1.165) is 12.8 Å². The quantitative estimate of drug-likeness (QED) is 0.537. The predicted molar refractivity (Wildman–Crippen MR) is 45.2 cm³/mol. The number of hydrogen-bond acceptors (Lipinski definition) is 5. The molecule has 2 aliphatic rings. The molecule has 13 heavy (non-hydrogen) atoms. The minimum atomic E-state index is -2.55. The molecule has 2 saturated heterocycles. The van der Waals surface area contributed by atoms with E-state index < -0.39 is 16.0 Å². The van der Waals surface area contributed by atoms with E-state index in [4.69, 9.17) is 0 Å². The average Bonchev–Trinajstić information content (AvgIpc) is 2.62. The Morgan fingerprint density at radius 2 is 1.46 bits per heavy atom. The first-order chi connectivity index (χ1) is 6.10. The third kappa shape index (κ3) is 4.12. The monoisotopic (exact) mass is 208 g/mol. The molecule has 5 nitrogen and oxygen atoms in total. The third-order valence-corrected chi connectivity index (χ3v) is 3.51. The standard InChI is InChI=1S/C4H8O2S.C3H4O3/c5-7(6)3-1-2-4-7;4-3-5-1-2-6-3/h1-4H2;1-2H2. The molecule has 0 atom stereocenters. The summed E-state index contributed by atoms with van der Waals surface area (Å²) in [4.78, 5) is 9.80. The van der Waals surface area contributed by atoms with Gasteiger partial charge >= 0.3 is 6.16 Å². The van der Waals surface area contributed by atoms with Gasteiger partial charge in [-0.05, 0) is 12.8 Å². The number of ether oxygens (including phenoxy) is 2. The number of hydrogen-bond donors (Lipinski definition) is 0. The maximum atomic E-state index is 10.4. The Morgan fingerprint density at radius 1 is 1.00 bits per heavy atom. The van der Waals surface area contributed by atoms with E-state index in [1.54, 1.807) is 0 Å². The van der Waals surface area contributed by atoms with Gasteiger partial charge in [0.25, 0.3) is 0 Å². The molecule has 0 radical (unpaired) electrons. The fourth-order valence-electron chi connectivity index (χ4n) is 1.04. The van der Waals surface area contributed by atoms with Crippen molar-refractivity contribution < 1.29 is 22.7 Å². The van der Waals surface area contributed by atoms with Gasteiger partial charge in [-0.25, -0.2) is 13.2 Å². The van der Waals surface area contributed by atoms with Crippen LogP contribution in [0.25, 0.3) is 0 Å². The van der Waals surface area contributed by atoms with Crippen LogP contribution in [-0.4, -0.2) is 39.3 Å². The molecule has 0 bridgehead atoms. The van der Waals surface area contributed by atoms with Crippen molar-refractivity contribution in [2.75, 3.05) is 24.7 Å².